The number of ether oxygens (including phenoxy) is 3. The van der Waals surface area contributed by atoms with Crippen LogP contribution in [0.1, 0.15) is 239 Å². The van der Waals surface area contributed by atoms with Gasteiger partial charge in [-0.25, -0.2) is 4.57 Å². The van der Waals surface area contributed by atoms with Gasteiger partial charge in [0, 0.05) is 19.3 Å². The highest BCUT2D eigenvalue weighted by Gasteiger charge is 2.28. The number of rotatable bonds is 53. The third-order valence-electron chi connectivity index (χ3n) is 12.0. The smallest absolute Gasteiger partial charge is 0.462 e. The lowest BCUT2D eigenvalue weighted by Gasteiger charge is -2.21. The van der Waals surface area contributed by atoms with Gasteiger partial charge in [-0.3, -0.25) is 23.4 Å². The molecule has 424 valence electrons. The first-order valence-electron chi connectivity index (χ1n) is 29.1. The highest BCUT2D eigenvalue weighted by Crippen LogP contribution is 2.43. The van der Waals surface area contributed by atoms with Gasteiger partial charge in [0.1, 0.15) is 12.7 Å². The van der Waals surface area contributed by atoms with Crippen LogP contribution in [-0.2, 0) is 42.2 Å². The van der Waals surface area contributed by atoms with Gasteiger partial charge in [-0.05, 0) is 96.3 Å². The predicted octanol–water partition coefficient (Wildman–Crippen LogP) is 17.3. The molecule has 0 aliphatic rings. The second-order valence-corrected chi connectivity index (χ2v) is 20.5. The number of hydrogen-bond donors (Lipinski definition) is 2. The monoisotopic (exact) mass is 1060 g/mol. The van der Waals surface area contributed by atoms with Crippen LogP contribution in [0.25, 0.3) is 0 Å². The molecule has 0 heterocycles. The normalized spacial score (nSPS) is 14.1. The molecule has 0 aromatic heterocycles. The summed E-state index contributed by atoms with van der Waals surface area (Å²) in [5, 5.41) is 9.80. The van der Waals surface area contributed by atoms with Crippen molar-refractivity contribution < 1.29 is 52.2 Å². The van der Waals surface area contributed by atoms with Crippen LogP contribution in [-0.4, -0.2) is 66.5 Å². The van der Waals surface area contributed by atoms with Crippen molar-refractivity contribution in [3.05, 3.63) is 97.2 Å². The number of carbonyl (C=O) groups is 3. The molecule has 0 aliphatic heterocycles. The Kier molecular flexibility index (Phi) is 52.9. The lowest BCUT2D eigenvalue weighted by molar-refractivity contribution is -0.161. The van der Waals surface area contributed by atoms with Gasteiger partial charge in [0.15, 0.2) is 6.10 Å². The van der Waals surface area contributed by atoms with Crippen LogP contribution < -0.4 is 0 Å². The summed E-state index contributed by atoms with van der Waals surface area (Å²) >= 11 is 0. The fourth-order valence-corrected chi connectivity index (χ4v) is 8.42. The van der Waals surface area contributed by atoms with Gasteiger partial charge in [-0.1, -0.05) is 221 Å². The minimum absolute atomic E-state index is 0.133. The van der Waals surface area contributed by atoms with E-state index in [0.29, 0.717) is 19.3 Å². The van der Waals surface area contributed by atoms with Crippen LogP contribution in [0.2, 0.25) is 0 Å². The summed E-state index contributed by atoms with van der Waals surface area (Å²) in [6.07, 6.45) is 65.1. The number of unbranched alkanes of at least 4 members (excludes halogenated alkanes) is 20. The molecule has 0 aromatic rings. The third-order valence-corrected chi connectivity index (χ3v) is 13.0. The molecule has 0 bridgehead atoms. The lowest BCUT2D eigenvalue weighted by atomic mass is 10.1. The Morgan fingerprint density at radius 3 is 1.08 bits per heavy atom. The molecule has 3 atom stereocenters. The Labute approximate surface area is 451 Å². The Balaban J connectivity index is 4.79. The largest absolute Gasteiger partial charge is 0.472 e. The van der Waals surface area contributed by atoms with E-state index in [9.17, 15) is 28.9 Å². The minimum Gasteiger partial charge on any atom is -0.462 e. The highest BCUT2D eigenvalue weighted by atomic mass is 31.2. The summed E-state index contributed by atoms with van der Waals surface area (Å²) < 4.78 is 39.5. The van der Waals surface area contributed by atoms with Crippen molar-refractivity contribution in [2.45, 2.75) is 251 Å². The van der Waals surface area contributed by atoms with Crippen molar-refractivity contribution in [2.75, 3.05) is 26.4 Å². The second-order valence-electron chi connectivity index (χ2n) is 19.0. The standard InChI is InChI=1S/C62H105O11P/c1-4-7-10-13-16-19-22-24-26-28-29-31-32-34-37-39-42-45-48-51-60(64)69-55-59(73-62(66)53-50-47-44-41-38-35-33-30-27-25-23-20-17-14-11-8-5-2)57-71-74(67,68)70-56-58(54-63)72-61(65)52-49-46-43-40-36-21-18-15-12-9-6-3/h7-8,10-11,16-17,19-20,24-27,29,31,33,35,58-59,63H,4-6,9,12-15,18,21-23,28,30,32,34,36-57H2,1-3H3,(H,67,68)/b10-7-,11-8-,19-16-,20-17-,26-24-,27-25-,31-29-,35-33-. The first-order chi connectivity index (χ1) is 36.2. The average Bonchev–Trinajstić information content (AvgIpc) is 3.39. The van der Waals surface area contributed by atoms with Crippen LogP contribution in [0.3, 0.4) is 0 Å². The molecule has 0 saturated heterocycles. The fourth-order valence-electron chi connectivity index (χ4n) is 7.63. The lowest BCUT2D eigenvalue weighted by Crippen LogP contribution is -2.30. The number of phosphoric acid groups is 1. The minimum atomic E-state index is -4.76. The molecule has 0 fully saturated rings. The van der Waals surface area contributed by atoms with E-state index in [1.807, 2.05) is 0 Å². The van der Waals surface area contributed by atoms with Crippen molar-refractivity contribution in [3.63, 3.8) is 0 Å². The van der Waals surface area contributed by atoms with Gasteiger partial charge in [0.2, 0.25) is 0 Å². The van der Waals surface area contributed by atoms with E-state index in [4.69, 9.17) is 23.3 Å². The number of esters is 3. The molecular formula is C62H105O11P. The number of aliphatic hydroxyl groups excluding tert-OH is 1. The Hall–Kier alpha value is -3.60. The Bertz CT molecular complexity index is 1610. The molecule has 0 spiro atoms. The van der Waals surface area contributed by atoms with E-state index >= 15 is 0 Å². The van der Waals surface area contributed by atoms with E-state index in [2.05, 4.69) is 118 Å². The molecule has 3 unspecified atom stereocenters. The van der Waals surface area contributed by atoms with E-state index in [-0.39, 0.29) is 25.9 Å². The topological polar surface area (TPSA) is 155 Å². The zero-order valence-electron chi connectivity index (χ0n) is 46.8. The van der Waals surface area contributed by atoms with Gasteiger partial charge in [-0.15, -0.1) is 0 Å². The molecule has 12 heteroatoms. The number of hydrogen-bond acceptors (Lipinski definition) is 10. The van der Waals surface area contributed by atoms with Gasteiger partial charge in [0.25, 0.3) is 0 Å². The molecule has 0 radical (unpaired) electrons. The van der Waals surface area contributed by atoms with Gasteiger partial charge in [-0.2, -0.15) is 0 Å². The first-order valence-corrected chi connectivity index (χ1v) is 30.6. The molecule has 0 aliphatic carbocycles. The quantitative estimate of drug-likeness (QED) is 0.0197. The highest BCUT2D eigenvalue weighted by molar-refractivity contribution is 7.47. The summed E-state index contributed by atoms with van der Waals surface area (Å²) in [4.78, 5) is 48.5. The first kappa shape index (κ1) is 70.4. The number of phosphoric ester groups is 1. The molecule has 0 rings (SSSR count). The molecular weight excluding hydrogens is 952 g/mol. The predicted molar refractivity (Wildman–Crippen MR) is 307 cm³/mol. The SMILES string of the molecule is CC/C=C\C/C=C\C/C=C\C/C=C\CCCCCCCCC(=O)OCC(COP(=O)(O)OCC(CO)OC(=O)CCCCCCCCCCCCC)OC(=O)CCCCCC/C=C\C/C=C\C/C=C\C/C=C\CC. The Morgan fingerprint density at radius 2 is 0.703 bits per heavy atom. The zero-order chi connectivity index (χ0) is 54.1. The van der Waals surface area contributed by atoms with Crippen molar-refractivity contribution in [1.82, 2.24) is 0 Å². The maximum absolute atomic E-state index is 12.9. The number of aliphatic hydroxyl groups is 1. The molecule has 11 nitrogen and oxygen atoms in total. The van der Waals surface area contributed by atoms with Crippen molar-refractivity contribution in [3.8, 4) is 0 Å². The van der Waals surface area contributed by atoms with Crippen molar-refractivity contribution >= 4 is 25.7 Å². The fraction of sp³-hybridized carbons (Fsp3) is 0.694. The molecule has 0 aromatic carbocycles. The summed E-state index contributed by atoms with van der Waals surface area (Å²) in [6, 6.07) is 0. The summed E-state index contributed by atoms with van der Waals surface area (Å²) in [7, 11) is -4.76. The van der Waals surface area contributed by atoms with Crippen LogP contribution in [0.5, 0.6) is 0 Å². The molecule has 2 N–H and O–H groups in total. The van der Waals surface area contributed by atoms with Crippen LogP contribution in [0.4, 0.5) is 0 Å². The Morgan fingerprint density at radius 1 is 0.392 bits per heavy atom. The zero-order valence-corrected chi connectivity index (χ0v) is 47.7. The number of allylic oxidation sites excluding steroid dienone is 16. The van der Waals surface area contributed by atoms with E-state index in [1.165, 1.54) is 44.9 Å². The molecule has 0 amide bonds. The maximum atomic E-state index is 12.9. The number of carbonyl (C=O) groups excluding carboxylic acids is 3. The molecule has 74 heavy (non-hydrogen) atoms. The average molecular weight is 1060 g/mol. The van der Waals surface area contributed by atoms with Crippen molar-refractivity contribution in [1.29, 1.82) is 0 Å². The molecule has 0 saturated carbocycles. The summed E-state index contributed by atoms with van der Waals surface area (Å²) in [5.74, 6) is -1.51. The second kappa shape index (κ2) is 55.6. The summed E-state index contributed by atoms with van der Waals surface area (Å²) in [6.45, 7) is 4.37. The van der Waals surface area contributed by atoms with E-state index in [1.54, 1.807) is 0 Å². The van der Waals surface area contributed by atoms with Gasteiger partial charge >= 0.3 is 25.7 Å². The van der Waals surface area contributed by atoms with Crippen LogP contribution in [0, 0.1) is 0 Å². The maximum Gasteiger partial charge on any atom is 0.472 e. The van der Waals surface area contributed by atoms with Gasteiger partial charge in [0.05, 0.1) is 19.8 Å². The van der Waals surface area contributed by atoms with Crippen LogP contribution in [0.15, 0.2) is 97.2 Å². The van der Waals surface area contributed by atoms with Crippen LogP contribution >= 0.6 is 7.82 Å². The van der Waals surface area contributed by atoms with E-state index in [0.717, 1.165) is 135 Å². The van der Waals surface area contributed by atoms with Crippen molar-refractivity contribution in [2.24, 2.45) is 0 Å². The van der Waals surface area contributed by atoms with E-state index < -0.39 is 57.8 Å². The third kappa shape index (κ3) is 53.2. The van der Waals surface area contributed by atoms with Gasteiger partial charge < -0.3 is 24.2 Å². The summed E-state index contributed by atoms with van der Waals surface area (Å²) in [5.41, 5.74) is 0.